The van der Waals surface area contributed by atoms with Crippen LogP contribution >= 0.6 is 11.6 Å². The van der Waals surface area contributed by atoms with Crippen LogP contribution in [0.15, 0.2) is 18.5 Å². The first-order valence-corrected chi connectivity index (χ1v) is 6.95. The van der Waals surface area contributed by atoms with Gasteiger partial charge in [0.05, 0.1) is 17.1 Å². The van der Waals surface area contributed by atoms with Gasteiger partial charge in [-0.15, -0.1) is 11.6 Å². The van der Waals surface area contributed by atoms with Crippen LogP contribution in [0.2, 0.25) is 0 Å². The number of aromatic nitrogens is 3. The Balaban J connectivity index is 2.68. The summed E-state index contributed by atoms with van der Waals surface area (Å²) in [6.07, 6.45) is 4.69. The Morgan fingerprint density at radius 2 is 2.06 bits per heavy atom. The van der Waals surface area contributed by atoms with Gasteiger partial charge in [0.15, 0.2) is 0 Å². The number of alkyl halides is 1. The van der Waals surface area contributed by atoms with Crippen molar-refractivity contribution in [1.29, 1.82) is 0 Å². The first-order chi connectivity index (χ1) is 8.56. The lowest BCUT2D eigenvalue weighted by Crippen LogP contribution is -2.17. The van der Waals surface area contributed by atoms with Crippen LogP contribution in [-0.4, -0.2) is 14.5 Å². The molecular weight excluding hydrogens is 246 g/mol. The van der Waals surface area contributed by atoms with E-state index in [0.29, 0.717) is 12.0 Å². The van der Waals surface area contributed by atoms with Crippen LogP contribution in [-0.2, 0) is 0 Å². The highest BCUT2D eigenvalue weighted by Gasteiger charge is 2.22. The van der Waals surface area contributed by atoms with Crippen LogP contribution in [0, 0.1) is 5.92 Å². The molecule has 0 N–H and O–H groups in total. The second-order valence-corrected chi connectivity index (χ2v) is 5.69. The Bertz CT molecular complexity index is 531. The highest BCUT2D eigenvalue weighted by atomic mass is 35.5. The highest BCUT2D eigenvalue weighted by molar-refractivity contribution is 6.20. The predicted octanol–water partition coefficient (Wildman–Crippen LogP) is 4.34. The lowest BCUT2D eigenvalue weighted by Gasteiger charge is -2.24. The molecule has 2 aromatic rings. The van der Waals surface area contributed by atoms with Crippen molar-refractivity contribution in [2.75, 3.05) is 0 Å². The molecule has 0 fully saturated rings. The molecule has 0 amide bonds. The van der Waals surface area contributed by atoms with Gasteiger partial charge in [-0.1, -0.05) is 20.8 Å². The van der Waals surface area contributed by atoms with E-state index in [1.165, 1.54) is 0 Å². The van der Waals surface area contributed by atoms with Crippen LogP contribution in [0.4, 0.5) is 0 Å². The van der Waals surface area contributed by atoms with Crippen molar-refractivity contribution >= 4 is 22.6 Å². The molecule has 2 unspecified atom stereocenters. The average molecular weight is 266 g/mol. The predicted molar refractivity (Wildman–Crippen MR) is 76.0 cm³/mol. The number of rotatable bonds is 4. The van der Waals surface area contributed by atoms with Crippen LogP contribution in [0.3, 0.4) is 0 Å². The zero-order chi connectivity index (χ0) is 13.3. The van der Waals surface area contributed by atoms with Gasteiger partial charge in [-0.2, -0.15) is 0 Å². The van der Waals surface area contributed by atoms with Gasteiger partial charge < -0.3 is 4.57 Å². The summed E-state index contributed by atoms with van der Waals surface area (Å²) in [5.74, 6) is 1.50. The van der Waals surface area contributed by atoms with E-state index in [1.54, 1.807) is 0 Å². The van der Waals surface area contributed by atoms with E-state index in [4.69, 9.17) is 11.6 Å². The number of imidazole rings is 1. The zero-order valence-electron chi connectivity index (χ0n) is 11.4. The molecule has 18 heavy (non-hydrogen) atoms. The topological polar surface area (TPSA) is 30.7 Å². The van der Waals surface area contributed by atoms with E-state index in [-0.39, 0.29) is 5.38 Å². The molecule has 0 aliphatic rings. The van der Waals surface area contributed by atoms with Gasteiger partial charge in [0.25, 0.3) is 0 Å². The summed E-state index contributed by atoms with van der Waals surface area (Å²) in [7, 11) is 0. The van der Waals surface area contributed by atoms with Crippen molar-refractivity contribution in [2.45, 2.75) is 45.5 Å². The minimum atomic E-state index is -0.0924. The monoisotopic (exact) mass is 265 g/mol. The van der Waals surface area contributed by atoms with Crippen LogP contribution in [0.5, 0.6) is 0 Å². The largest absolute Gasteiger partial charge is 0.323 e. The Kier molecular flexibility index (Phi) is 3.91. The molecule has 2 aromatic heterocycles. The van der Waals surface area contributed by atoms with Gasteiger partial charge in [0.1, 0.15) is 11.3 Å². The lowest BCUT2D eigenvalue weighted by atomic mass is 10.0. The molecule has 0 aromatic carbocycles. The van der Waals surface area contributed by atoms with Crippen LogP contribution in [0.1, 0.15) is 51.4 Å². The van der Waals surface area contributed by atoms with E-state index >= 15 is 0 Å². The number of hydrogen-bond acceptors (Lipinski definition) is 2. The molecule has 0 radical (unpaired) electrons. The lowest BCUT2D eigenvalue weighted by molar-refractivity contribution is 0.364. The molecule has 2 rings (SSSR count). The Hall–Kier alpha value is -1.09. The van der Waals surface area contributed by atoms with Crippen LogP contribution in [0.25, 0.3) is 11.0 Å². The summed E-state index contributed by atoms with van der Waals surface area (Å²) in [5, 5.41) is -0.0924. The van der Waals surface area contributed by atoms with Gasteiger partial charge in [-0.3, -0.25) is 4.98 Å². The van der Waals surface area contributed by atoms with Crippen molar-refractivity contribution in [3.63, 3.8) is 0 Å². The fourth-order valence-corrected chi connectivity index (χ4v) is 2.70. The minimum absolute atomic E-state index is 0.0924. The van der Waals surface area contributed by atoms with Gasteiger partial charge in [0.2, 0.25) is 0 Å². The standard InChI is InChI=1S/C14H20ClN3/c1-5-12(9(2)3)18-13-6-7-16-8-11(13)17-14(18)10(4)15/h6-10,12H,5H2,1-4H3. The number of nitrogens with zero attached hydrogens (tertiary/aromatic N) is 3. The minimum Gasteiger partial charge on any atom is -0.323 e. The molecule has 3 nitrogen and oxygen atoms in total. The normalized spacial score (nSPS) is 15.2. The van der Waals surface area contributed by atoms with Gasteiger partial charge in [-0.05, 0) is 25.3 Å². The maximum Gasteiger partial charge on any atom is 0.128 e. The van der Waals surface area contributed by atoms with E-state index in [0.717, 1.165) is 23.3 Å². The molecule has 0 bridgehead atoms. The summed E-state index contributed by atoms with van der Waals surface area (Å²) < 4.78 is 2.29. The van der Waals surface area contributed by atoms with E-state index in [2.05, 4.69) is 35.3 Å². The van der Waals surface area contributed by atoms with Crippen molar-refractivity contribution in [2.24, 2.45) is 5.92 Å². The Labute approximate surface area is 113 Å². The molecule has 0 saturated heterocycles. The average Bonchev–Trinajstić information content (AvgIpc) is 2.70. The van der Waals surface area contributed by atoms with E-state index < -0.39 is 0 Å². The number of hydrogen-bond donors (Lipinski definition) is 0. The van der Waals surface area contributed by atoms with Gasteiger partial charge >= 0.3 is 0 Å². The van der Waals surface area contributed by atoms with Crippen molar-refractivity contribution in [1.82, 2.24) is 14.5 Å². The van der Waals surface area contributed by atoms with Crippen molar-refractivity contribution in [3.05, 3.63) is 24.3 Å². The van der Waals surface area contributed by atoms with Crippen molar-refractivity contribution in [3.8, 4) is 0 Å². The third-order valence-electron chi connectivity index (χ3n) is 3.39. The van der Waals surface area contributed by atoms with Crippen molar-refractivity contribution < 1.29 is 0 Å². The second kappa shape index (κ2) is 5.27. The summed E-state index contributed by atoms with van der Waals surface area (Å²) in [6.45, 7) is 8.66. The molecule has 0 aliphatic carbocycles. The maximum atomic E-state index is 6.28. The molecule has 4 heteroatoms. The zero-order valence-corrected chi connectivity index (χ0v) is 12.1. The van der Waals surface area contributed by atoms with E-state index in [9.17, 15) is 0 Å². The molecule has 0 spiro atoms. The van der Waals surface area contributed by atoms with Gasteiger partial charge in [0, 0.05) is 12.2 Å². The Morgan fingerprint density at radius 3 is 2.61 bits per heavy atom. The third kappa shape index (κ3) is 2.24. The highest BCUT2D eigenvalue weighted by Crippen LogP contribution is 2.32. The molecule has 98 valence electrons. The number of fused-ring (bicyclic) bond motifs is 1. The fraction of sp³-hybridized carbons (Fsp3) is 0.571. The number of pyridine rings is 1. The molecule has 2 atom stereocenters. The smallest absolute Gasteiger partial charge is 0.128 e. The summed E-state index contributed by atoms with van der Waals surface area (Å²) in [4.78, 5) is 8.77. The third-order valence-corrected chi connectivity index (χ3v) is 3.59. The van der Waals surface area contributed by atoms with Crippen LogP contribution < -0.4 is 0 Å². The second-order valence-electron chi connectivity index (χ2n) is 5.04. The molecule has 0 aliphatic heterocycles. The summed E-state index contributed by atoms with van der Waals surface area (Å²) in [6, 6.07) is 2.45. The summed E-state index contributed by atoms with van der Waals surface area (Å²) >= 11 is 6.28. The fourth-order valence-electron chi connectivity index (χ4n) is 2.55. The maximum absolute atomic E-state index is 6.28. The molecular formula is C14H20ClN3. The van der Waals surface area contributed by atoms with Gasteiger partial charge in [-0.25, -0.2) is 4.98 Å². The first kappa shape index (κ1) is 13.3. The van der Waals surface area contributed by atoms with E-state index in [1.807, 2.05) is 25.4 Å². The first-order valence-electron chi connectivity index (χ1n) is 6.52. The SMILES string of the molecule is CCC(C(C)C)n1c(C(C)Cl)nc2cnccc21. The quantitative estimate of drug-likeness (QED) is 0.770. The molecule has 0 saturated carbocycles. The summed E-state index contributed by atoms with van der Waals surface area (Å²) in [5.41, 5.74) is 2.06. The molecule has 2 heterocycles. The Morgan fingerprint density at radius 1 is 1.33 bits per heavy atom. The number of halogens is 1.